The number of nitrogens with one attached hydrogen (secondary N) is 1. The fourth-order valence-electron chi connectivity index (χ4n) is 2.66. The largest absolute Gasteiger partial charge is 0.271 e. The first-order valence-electron chi connectivity index (χ1n) is 7.26. The molecule has 0 aliphatic heterocycles. The smallest absolute Gasteiger partial charge is 0.0500 e. The van der Waals surface area contributed by atoms with Crippen LogP contribution < -0.4 is 11.3 Å². The predicted molar refractivity (Wildman–Crippen MR) is 88.9 cm³/mol. The molecule has 0 spiro atoms. The van der Waals surface area contributed by atoms with E-state index in [-0.39, 0.29) is 6.04 Å². The summed E-state index contributed by atoms with van der Waals surface area (Å²) < 4.78 is 0. The average molecular weight is 276 g/mol. The third-order valence-electron chi connectivity index (χ3n) is 3.94. The molecule has 0 aliphatic carbocycles. The fraction of sp³-hybridized carbons (Fsp3) is 0.158. The third-order valence-corrected chi connectivity index (χ3v) is 3.94. The molecular weight excluding hydrogens is 256 g/mol. The second kappa shape index (κ2) is 6.08. The number of rotatable bonds is 4. The summed E-state index contributed by atoms with van der Waals surface area (Å²) in [7, 11) is 0. The molecule has 1 atom stereocenters. The van der Waals surface area contributed by atoms with Gasteiger partial charge >= 0.3 is 0 Å². The van der Waals surface area contributed by atoms with Gasteiger partial charge < -0.3 is 0 Å². The molecule has 1 unspecified atom stereocenters. The zero-order valence-electron chi connectivity index (χ0n) is 12.2. The van der Waals surface area contributed by atoms with Gasteiger partial charge in [-0.1, -0.05) is 66.2 Å². The van der Waals surface area contributed by atoms with E-state index in [4.69, 9.17) is 5.84 Å². The molecule has 2 heteroatoms. The van der Waals surface area contributed by atoms with Gasteiger partial charge in [0.2, 0.25) is 0 Å². The average Bonchev–Trinajstić information content (AvgIpc) is 2.54. The van der Waals surface area contributed by atoms with Crippen LogP contribution in [0.2, 0.25) is 0 Å². The first-order chi connectivity index (χ1) is 10.3. The van der Waals surface area contributed by atoms with E-state index in [9.17, 15) is 0 Å². The van der Waals surface area contributed by atoms with Gasteiger partial charge in [-0.05, 0) is 41.3 Å². The minimum atomic E-state index is 0.123. The molecule has 2 nitrogen and oxygen atoms in total. The predicted octanol–water partition coefficient (Wildman–Crippen LogP) is 3.90. The van der Waals surface area contributed by atoms with Gasteiger partial charge in [-0.2, -0.15) is 0 Å². The third kappa shape index (κ3) is 3.13. The van der Waals surface area contributed by atoms with Crippen molar-refractivity contribution in [2.24, 2.45) is 5.84 Å². The minimum absolute atomic E-state index is 0.123. The van der Waals surface area contributed by atoms with Gasteiger partial charge in [0.1, 0.15) is 0 Å². The van der Waals surface area contributed by atoms with Crippen LogP contribution in [0.25, 0.3) is 10.8 Å². The normalized spacial score (nSPS) is 12.5. The van der Waals surface area contributed by atoms with Gasteiger partial charge in [0, 0.05) is 0 Å². The van der Waals surface area contributed by atoms with Crippen LogP contribution in [-0.2, 0) is 6.42 Å². The van der Waals surface area contributed by atoms with Gasteiger partial charge in [0.15, 0.2) is 0 Å². The summed E-state index contributed by atoms with van der Waals surface area (Å²) in [5.74, 6) is 5.78. The first kappa shape index (κ1) is 13.8. The Morgan fingerprint density at radius 3 is 2.33 bits per heavy atom. The molecule has 21 heavy (non-hydrogen) atoms. The number of nitrogens with two attached hydrogens (primary N) is 1. The maximum Gasteiger partial charge on any atom is 0.0500 e. The summed E-state index contributed by atoms with van der Waals surface area (Å²) >= 11 is 0. The summed E-state index contributed by atoms with van der Waals surface area (Å²) in [6, 6.07) is 23.7. The molecule has 106 valence electrons. The van der Waals surface area contributed by atoms with Crippen LogP contribution in [0, 0.1) is 6.92 Å². The molecule has 0 radical (unpaired) electrons. The summed E-state index contributed by atoms with van der Waals surface area (Å²) in [5, 5.41) is 2.51. The van der Waals surface area contributed by atoms with Crippen LogP contribution >= 0.6 is 0 Å². The zero-order valence-corrected chi connectivity index (χ0v) is 12.2. The first-order valence-corrected chi connectivity index (χ1v) is 7.26. The molecule has 3 N–H and O–H groups in total. The summed E-state index contributed by atoms with van der Waals surface area (Å²) in [5.41, 5.74) is 6.73. The number of hydrazine groups is 1. The van der Waals surface area contributed by atoms with Gasteiger partial charge in [-0.3, -0.25) is 11.3 Å². The van der Waals surface area contributed by atoms with Gasteiger partial charge in [0.05, 0.1) is 6.04 Å². The van der Waals surface area contributed by atoms with E-state index >= 15 is 0 Å². The van der Waals surface area contributed by atoms with Crippen molar-refractivity contribution in [3.05, 3.63) is 83.4 Å². The fourth-order valence-corrected chi connectivity index (χ4v) is 2.66. The maximum absolute atomic E-state index is 5.78. The van der Waals surface area contributed by atoms with Crippen LogP contribution in [0.1, 0.15) is 22.7 Å². The molecule has 3 aromatic carbocycles. The van der Waals surface area contributed by atoms with Crippen molar-refractivity contribution in [1.29, 1.82) is 0 Å². The SMILES string of the molecule is Cc1ccc(CC(NN)c2ccc3ccccc3c2)cc1. The van der Waals surface area contributed by atoms with Crippen molar-refractivity contribution in [3.63, 3.8) is 0 Å². The van der Waals surface area contributed by atoms with Crippen molar-refractivity contribution < 1.29 is 0 Å². The zero-order chi connectivity index (χ0) is 14.7. The Bertz CT molecular complexity index is 732. The lowest BCUT2D eigenvalue weighted by Gasteiger charge is -2.17. The standard InChI is InChI=1S/C19H20N2/c1-14-6-8-15(9-7-14)12-19(21-20)18-11-10-16-4-2-3-5-17(16)13-18/h2-11,13,19,21H,12,20H2,1H3. The van der Waals surface area contributed by atoms with Crippen LogP contribution in [0.15, 0.2) is 66.7 Å². The summed E-state index contributed by atoms with van der Waals surface area (Å²) in [4.78, 5) is 0. The lowest BCUT2D eigenvalue weighted by molar-refractivity contribution is 0.552. The second-order valence-electron chi connectivity index (χ2n) is 5.52. The highest BCUT2D eigenvalue weighted by Gasteiger charge is 2.11. The molecule has 0 heterocycles. The van der Waals surface area contributed by atoms with Gasteiger partial charge in [-0.25, -0.2) is 0 Å². The van der Waals surface area contributed by atoms with Crippen LogP contribution in [0.4, 0.5) is 0 Å². The topological polar surface area (TPSA) is 38.0 Å². The van der Waals surface area contributed by atoms with Crippen LogP contribution in [0.3, 0.4) is 0 Å². The highest BCUT2D eigenvalue weighted by molar-refractivity contribution is 5.83. The van der Waals surface area contributed by atoms with Gasteiger partial charge in [0.25, 0.3) is 0 Å². The van der Waals surface area contributed by atoms with Crippen molar-refractivity contribution in [2.45, 2.75) is 19.4 Å². The van der Waals surface area contributed by atoms with E-state index in [1.54, 1.807) is 0 Å². The molecule has 3 rings (SSSR count). The van der Waals surface area contributed by atoms with Crippen molar-refractivity contribution >= 4 is 10.8 Å². The Kier molecular flexibility index (Phi) is 4.00. The Balaban J connectivity index is 1.88. The Labute approximate surface area is 125 Å². The van der Waals surface area contributed by atoms with E-state index in [1.165, 1.54) is 27.5 Å². The van der Waals surface area contributed by atoms with Crippen molar-refractivity contribution in [2.75, 3.05) is 0 Å². The van der Waals surface area contributed by atoms with Gasteiger partial charge in [-0.15, -0.1) is 0 Å². The molecule has 0 aliphatic rings. The molecule has 3 aromatic rings. The monoisotopic (exact) mass is 276 g/mol. The maximum atomic E-state index is 5.78. The molecule has 0 aromatic heterocycles. The van der Waals surface area contributed by atoms with E-state index < -0.39 is 0 Å². The molecule has 0 fully saturated rings. The van der Waals surface area contributed by atoms with E-state index in [0.717, 1.165) is 6.42 Å². The number of hydrogen-bond acceptors (Lipinski definition) is 2. The highest BCUT2D eigenvalue weighted by Crippen LogP contribution is 2.23. The minimum Gasteiger partial charge on any atom is -0.271 e. The molecular formula is C19H20N2. The Hall–Kier alpha value is -2.16. The number of benzene rings is 3. The summed E-state index contributed by atoms with van der Waals surface area (Å²) in [6.07, 6.45) is 0.884. The van der Waals surface area contributed by atoms with E-state index in [1.807, 2.05) is 0 Å². The van der Waals surface area contributed by atoms with Crippen LogP contribution in [-0.4, -0.2) is 0 Å². The Morgan fingerprint density at radius 1 is 0.905 bits per heavy atom. The van der Waals surface area contributed by atoms with E-state index in [0.29, 0.717) is 0 Å². The molecule has 0 bridgehead atoms. The number of aryl methyl sites for hydroxylation is 1. The van der Waals surface area contributed by atoms with Crippen LogP contribution in [0.5, 0.6) is 0 Å². The Morgan fingerprint density at radius 2 is 1.62 bits per heavy atom. The molecule has 0 saturated carbocycles. The highest BCUT2D eigenvalue weighted by atomic mass is 15.2. The second-order valence-corrected chi connectivity index (χ2v) is 5.52. The van der Waals surface area contributed by atoms with E-state index in [2.05, 4.69) is 79.1 Å². The quantitative estimate of drug-likeness (QED) is 0.560. The summed E-state index contributed by atoms with van der Waals surface area (Å²) in [6.45, 7) is 2.10. The lowest BCUT2D eigenvalue weighted by Crippen LogP contribution is -2.29. The molecule has 0 saturated heterocycles. The number of hydrogen-bond donors (Lipinski definition) is 2. The van der Waals surface area contributed by atoms with Crippen molar-refractivity contribution in [1.82, 2.24) is 5.43 Å². The lowest BCUT2D eigenvalue weighted by atomic mass is 9.96. The van der Waals surface area contributed by atoms with Crippen molar-refractivity contribution in [3.8, 4) is 0 Å². The number of fused-ring (bicyclic) bond motifs is 1. The molecule has 0 amide bonds.